The number of hydrogen-bond acceptors (Lipinski definition) is 3. The number of nitrogens with zero attached hydrogens (tertiary/aromatic N) is 2. The zero-order valence-electron chi connectivity index (χ0n) is 13.2. The van der Waals surface area contributed by atoms with Crippen LogP contribution in [0.5, 0.6) is 0 Å². The monoisotopic (exact) mass is 347 g/mol. The summed E-state index contributed by atoms with van der Waals surface area (Å²) >= 11 is 6.00. The minimum absolute atomic E-state index is 0.435. The number of amides is 1. The van der Waals surface area contributed by atoms with Crippen molar-refractivity contribution in [3.8, 4) is 11.1 Å². The van der Waals surface area contributed by atoms with E-state index in [4.69, 9.17) is 17.3 Å². The van der Waals surface area contributed by atoms with Gasteiger partial charge < -0.3 is 5.73 Å². The molecule has 3 aromatic rings. The molecule has 2 heterocycles. The van der Waals surface area contributed by atoms with Gasteiger partial charge in [0.2, 0.25) is 5.91 Å². The number of aromatic nitrogens is 1. The highest BCUT2D eigenvalue weighted by atomic mass is 35.5. The maximum atomic E-state index is 11.3. The number of carbonyl (C=O) groups excluding carboxylic acids is 1. The first kappa shape index (κ1) is 15.5. The molecule has 0 aliphatic carbocycles. The van der Waals surface area contributed by atoms with Gasteiger partial charge in [-0.15, -0.1) is 0 Å². The van der Waals surface area contributed by atoms with E-state index >= 15 is 0 Å². The highest BCUT2D eigenvalue weighted by Gasteiger charge is 2.22. The molecule has 25 heavy (non-hydrogen) atoms. The second kappa shape index (κ2) is 6.15. The normalized spacial score (nSPS) is 12.6. The molecule has 122 valence electrons. The fourth-order valence-corrected chi connectivity index (χ4v) is 3.15. The number of halogens is 1. The molecule has 0 fully saturated rings. The third kappa shape index (κ3) is 2.81. The molecule has 0 bridgehead atoms. The molecular formula is C20H14ClN3O. The van der Waals surface area contributed by atoms with Crippen molar-refractivity contribution >= 4 is 23.2 Å². The Morgan fingerprint density at radius 2 is 1.64 bits per heavy atom. The average Bonchev–Trinajstić information content (AvgIpc) is 3.07. The summed E-state index contributed by atoms with van der Waals surface area (Å²) in [5.74, 6) is -0.435. The zero-order valence-corrected chi connectivity index (χ0v) is 14.0. The van der Waals surface area contributed by atoms with Crippen LogP contribution in [0, 0.1) is 0 Å². The first-order valence-corrected chi connectivity index (χ1v) is 8.20. The Hall–Kier alpha value is -2.98. The van der Waals surface area contributed by atoms with Crippen LogP contribution in [0.1, 0.15) is 27.2 Å². The van der Waals surface area contributed by atoms with Gasteiger partial charge in [0.15, 0.2) is 0 Å². The lowest BCUT2D eigenvalue weighted by Gasteiger charge is -2.11. The van der Waals surface area contributed by atoms with Crippen LogP contribution < -0.4 is 5.73 Å². The molecule has 0 saturated heterocycles. The molecule has 0 atom stereocenters. The van der Waals surface area contributed by atoms with Crippen molar-refractivity contribution in [1.82, 2.24) is 4.98 Å². The van der Waals surface area contributed by atoms with Crippen LogP contribution >= 0.6 is 11.6 Å². The van der Waals surface area contributed by atoms with Crippen LogP contribution in [0.4, 0.5) is 0 Å². The Labute approximate surface area is 150 Å². The zero-order chi connectivity index (χ0) is 17.4. The molecule has 1 aliphatic rings. The Bertz CT molecular complexity index is 992. The van der Waals surface area contributed by atoms with Gasteiger partial charge in [-0.05, 0) is 41.5 Å². The fraction of sp³-hybridized carbons (Fsp3) is 0.0500. The molecule has 2 aromatic carbocycles. The van der Waals surface area contributed by atoms with Crippen molar-refractivity contribution in [2.75, 3.05) is 0 Å². The summed E-state index contributed by atoms with van der Waals surface area (Å²) in [7, 11) is 0. The summed E-state index contributed by atoms with van der Waals surface area (Å²) < 4.78 is 0. The standard InChI is InChI=1S/C20H14ClN3O/c21-15-7-5-13(6-8-15)19-18-16(9-10-23-17(18)11-24-19)12-1-3-14(4-2-12)20(22)25/h1-10H,11H2,(H2,22,25). The molecule has 5 heteroatoms. The lowest BCUT2D eigenvalue weighted by atomic mass is 9.93. The maximum Gasteiger partial charge on any atom is 0.248 e. The van der Waals surface area contributed by atoms with E-state index < -0.39 is 5.91 Å². The second-order valence-corrected chi connectivity index (χ2v) is 6.23. The molecule has 1 amide bonds. The topological polar surface area (TPSA) is 68.3 Å². The summed E-state index contributed by atoms with van der Waals surface area (Å²) in [5.41, 5.74) is 11.7. The summed E-state index contributed by atoms with van der Waals surface area (Å²) in [6.07, 6.45) is 1.79. The van der Waals surface area contributed by atoms with Crippen molar-refractivity contribution in [2.24, 2.45) is 10.7 Å². The van der Waals surface area contributed by atoms with Gasteiger partial charge in [-0.3, -0.25) is 14.8 Å². The van der Waals surface area contributed by atoms with Crippen molar-refractivity contribution in [3.63, 3.8) is 0 Å². The lowest BCUT2D eigenvalue weighted by Crippen LogP contribution is -2.10. The molecule has 1 aromatic heterocycles. The van der Waals surface area contributed by atoms with E-state index in [9.17, 15) is 4.79 Å². The number of fused-ring (bicyclic) bond motifs is 1. The predicted molar refractivity (Wildman–Crippen MR) is 99.0 cm³/mol. The highest BCUT2D eigenvalue weighted by molar-refractivity contribution is 6.30. The number of carbonyl (C=O) groups is 1. The predicted octanol–water partition coefficient (Wildman–Crippen LogP) is 3.85. The number of rotatable bonds is 3. The van der Waals surface area contributed by atoms with Gasteiger partial charge in [0.25, 0.3) is 0 Å². The average molecular weight is 348 g/mol. The van der Waals surface area contributed by atoms with Crippen molar-refractivity contribution < 1.29 is 4.79 Å². The van der Waals surface area contributed by atoms with E-state index in [0.29, 0.717) is 17.1 Å². The van der Waals surface area contributed by atoms with E-state index in [-0.39, 0.29) is 0 Å². The molecule has 1 aliphatic heterocycles. The second-order valence-electron chi connectivity index (χ2n) is 5.79. The van der Waals surface area contributed by atoms with Gasteiger partial charge in [0, 0.05) is 27.9 Å². The molecule has 2 N–H and O–H groups in total. The van der Waals surface area contributed by atoms with Gasteiger partial charge in [-0.25, -0.2) is 0 Å². The minimum atomic E-state index is -0.435. The van der Waals surface area contributed by atoms with E-state index in [1.54, 1.807) is 18.3 Å². The first-order valence-electron chi connectivity index (χ1n) is 7.82. The molecular weight excluding hydrogens is 334 g/mol. The van der Waals surface area contributed by atoms with Crippen LogP contribution in [0.15, 0.2) is 65.8 Å². The number of pyridine rings is 1. The van der Waals surface area contributed by atoms with E-state index in [0.717, 1.165) is 33.7 Å². The van der Waals surface area contributed by atoms with Crippen LogP contribution in [0.3, 0.4) is 0 Å². The molecule has 4 nitrogen and oxygen atoms in total. The van der Waals surface area contributed by atoms with Gasteiger partial charge in [0.05, 0.1) is 18.0 Å². The maximum absolute atomic E-state index is 11.3. The van der Waals surface area contributed by atoms with Crippen molar-refractivity contribution in [3.05, 3.63) is 88.2 Å². The van der Waals surface area contributed by atoms with Crippen molar-refractivity contribution in [1.29, 1.82) is 0 Å². The molecule has 4 rings (SSSR count). The molecule has 0 spiro atoms. The molecule has 0 radical (unpaired) electrons. The van der Waals surface area contributed by atoms with E-state index in [1.807, 2.05) is 42.5 Å². The number of nitrogens with two attached hydrogens (primary N) is 1. The Morgan fingerprint density at radius 1 is 0.960 bits per heavy atom. The van der Waals surface area contributed by atoms with Gasteiger partial charge in [0.1, 0.15) is 0 Å². The lowest BCUT2D eigenvalue weighted by molar-refractivity contribution is 0.100. The Balaban J connectivity index is 1.82. The van der Waals surface area contributed by atoms with E-state index in [2.05, 4.69) is 9.98 Å². The first-order chi connectivity index (χ1) is 12.1. The summed E-state index contributed by atoms with van der Waals surface area (Å²) in [5, 5.41) is 0.691. The highest BCUT2D eigenvalue weighted by Crippen LogP contribution is 2.32. The largest absolute Gasteiger partial charge is 0.366 e. The van der Waals surface area contributed by atoms with Crippen LogP contribution in [0.2, 0.25) is 5.02 Å². The Kier molecular flexibility index (Phi) is 3.82. The van der Waals surface area contributed by atoms with Crippen LogP contribution in [0.25, 0.3) is 11.1 Å². The molecule has 0 saturated carbocycles. The summed E-state index contributed by atoms with van der Waals surface area (Å²) in [4.78, 5) is 20.4. The minimum Gasteiger partial charge on any atom is -0.366 e. The summed E-state index contributed by atoms with van der Waals surface area (Å²) in [6, 6.07) is 16.9. The number of hydrogen-bond donors (Lipinski definition) is 1. The fourth-order valence-electron chi connectivity index (χ4n) is 3.02. The number of aliphatic imine (C=N–C) groups is 1. The van der Waals surface area contributed by atoms with Gasteiger partial charge in [-0.2, -0.15) is 0 Å². The van der Waals surface area contributed by atoms with Gasteiger partial charge in [-0.1, -0.05) is 35.9 Å². The SMILES string of the molecule is NC(=O)c1ccc(-c2ccnc3c2C(c2ccc(Cl)cc2)=NC3)cc1. The van der Waals surface area contributed by atoms with Gasteiger partial charge >= 0.3 is 0 Å². The quantitative estimate of drug-likeness (QED) is 0.781. The van der Waals surface area contributed by atoms with Crippen molar-refractivity contribution in [2.45, 2.75) is 6.54 Å². The Morgan fingerprint density at radius 3 is 2.32 bits per heavy atom. The van der Waals surface area contributed by atoms with Crippen LogP contribution in [-0.2, 0) is 6.54 Å². The number of primary amides is 1. The van der Waals surface area contributed by atoms with Crippen LogP contribution in [-0.4, -0.2) is 16.6 Å². The third-order valence-electron chi connectivity index (χ3n) is 4.25. The molecule has 0 unspecified atom stereocenters. The third-order valence-corrected chi connectivity index (χ3v) is 4.50. The number of benzene rings is 2. The van der Waals surface area contributed by atoms with E-state index in [1.165, 1.54) is 0 Å². The smallest absolute Gasteiger partial charge is 0.248 e. The summed E-state index contributed by atoms with van der Waals surface area (Å²) in [6.45, 7) is 0.556.